The third-order valence-corrected chi connectivity index (χ3v) is 8.02. The maximum absolute atomic E-state index is 13.1. The summed E-state index contributed by atoms with van der Waals surface area (Å²) in [7, 11) is 1.77. The van der Waals surface area contributed by atoms with E-state index in [1.54, 1.807) is 16.2 Å². The van der Waals surface area contributed by atoms with Gasteiger partial charge < -0.3 is 15.2 Å². The number of benzene rings is 1. The number of nitrogens with two attached hydrogens (primary N) is 1. The first-order valence-electron chi connectivity index (χ1n) is 12.7. The fraction of sp³-hybridized carbons (Fsp3) is 0.654. The Morgan fingerprint density at radius 2 is 1.79 bits per heavy atom. The van der Waals surface area contributed by atoms with E-state index in [1.807, 2.05) is 12.1 Å². The van der Waals surface area contributed by atoms with Gasteiger partial charge in [-0.25, -0.2) is 4.79 Å². The molecule has 0 radical (unpaired) electrons. The molecule has 5 rings (SSSR count). The summed E-state index contributed by atoms with van der Waals surface area (Å²) in [6.07, 6.45) is 6.29. The molecule has 3 aliphatic rings. The second kappa shape index (κ2) is 9.76. The topological polar surface area (TPSA) is 106 Å². The van der Waals surface area contributed by atoms with Crippen molar-refractivity contribution in [3.05, 3.63) is 34.2 Å². The number of rotatable bonds is 8. The number of hydrogen-bond acceptors (Lipinski definition) is 6. The summed E-state index contributed by atoms with van der Waals surface area (Å²) in [6, 6.07) is 5.41. The summed E-state index contributed by atoms with van der Waals surface area (Å²) in [5, 5.41) is 0. The Kier molecular flexibility index (Phi) is 6.73. The van der Waals surface area contributed by atoms with Crippen LogP contribution in [0.3, 0.4) is 0 Å². The van der Waals surface area contributed by atoms with Crippen LogP contribution in [0.15, 0.2) is 23.0 Å². The molecule has 0 amide bonds. The van der Waals surface area contributed by atoms with E-state index < -0.39 is 6.04 Å². The first-order valence-corrected chi connectivity index (χ1v) is 12.7. The number of aromatic nitrogens is 2. The van der Waals surface area contributed by atoms with Crippen LogP contribution in [0.25, 0.3) is 11.0 Å². The minimum atomic E-state index is -0.543. The molecule has 2 aliphatic heterocycles. The van der Waals surface area contributed by atoms with Crippen molar-refractivity contribution in [3.8, 4) is 0 Å². The molecule has 3 heterocycles. The molecule has 1 aromatic carbocycles. The molecule has 0 spiro atoms. The predicted octanol–water partition coefficient (Wildman–Crippen LogP) is 2.29. The minimum Gasteiger partial charge on any atom is -0.375 e. The standard InChI is InChI=1S/C26H35N3O5/c1-28-23-16(6-3-2-4-7-17-14-33-25-18(13-27)15-34-24(17)25)8-5-9-21(23)29(26(28)32)20-11-10-19(30)12-22(20)31/h5,8-9,17-18,20,24-25H,2-4,6-7,10-15,27H2,1H3. The predicted molar refractivity (Wildman–Crippen MR) is 128 cm³/mol. The van der Waals surface area contributed by atoms with Crippen molar-refractivity contribution in [2.45, 2.75) is 69.6 Å². The maximum Gasteiger partial charge on any atom is 0.329 e. The van der Waals surface area contributed by atoms with Gasteiger partial charge in [0, 0.05) is 25.3 Å². The van der Waals surface area contributed by atoms with Gasteiger partial charge in [-0.2, -0.15) is 0 Å². The molecule has 8 nitrogen and oxygen atoms in total. The smallest absolute Gasteiger partial charge is 0.329 e. The van der Waals surface area contributed by atoms with Crippen molar-refractivity contribution in [1.82, 2.24) is 9.13 Å². The van der Waals surface area contributed by atoms with Gasteiger partial charge in [0.1, 0.15) is 5.78 Å². The molecule has 2 aromatic rings. The zero-order chi connectivity index (χ0) is 23.8. The average molecular weight is 470 g/mol. The number of Topliss-reactive ketones (excluding diaryl/α,β-unsaturated/α-hetero) is 2. The summed E-state index contributed by atoms with van der Waals surface area (Å²) in [4.78, 5) is 37.3. The highest BCUT2D eigenvalue weighted by atomic mass is 16.6. The Morgan fingerprint density at radius 3 is 2.56 bits per heavy atom. The molecule has 1 aliphatic carbocycles. The number of unbranched alkanes of at least 4 members (excludes halogenated alkanes) is 2. The molecule has 2 saturated heterocycles. The van der Waals surface area contributed by atoms with Crippen LogP contribution in [-0.4, -0.2) is 52.7 Å². The Morgan fingerprint density at radius 1 is 1.03 bits per heavy atom. The number of carbonyl (C=O) groups excluding carboxylic acids is 2. The zero-order valence-corrected chi connectivity index (χ0v) is 19.9. The van der Waals surface area contributed by atoms with Crippen LogP contribution >= 0.6 is 0 Å². The average Bonchev–Trinajstić information content (AvgIpc) is 3.48. The van der Waals surface area contributed by atoms with Crippen LogP contribution in [-0.2, 0) is 32.5 Å². The van der Waals surface area contributed by atoms with Gasteiger partial charge in [0.15, 0.2) is 5.78 Å². The van der Waals surface area contributed by atoms with Crippen LogP contribution in [0.4, 0.5) is 0 Å². The molecule has 2 N–H and O–H groups in total. The number of nitrogens with zero attached hydrogens (tertiary/aromatic N) is 2. The number of ketones is 2. The lowest BCUT2D eigenvalue weighted by molar-refractivity contribution is -0.132. The highest BCUT2D eigenvalue weighted by Gasteiger charge is 2.46. The summed E-state index contributed by atoms with van der Waals surface area (Å²) < 4.78 is 15.2. The lowest BCUT2D eigenvalue weighted by atomic mass is 9.92. The van der Waals surface area contributed by atoms with Crippen LogP contribution in [0.2, 0.25) is 0 Å². The molecular weight excluding hydrogens is 434 g/mol. The van der Waals surface area contributed by atoms with E-state index in [1.165, 1.54) is 0 Å². The van der Waals surface area contributed by atoms with E-state index in [0.717, 1.165) is 55.3 Å². The van der Waals surface area contributed by atoms with Crippen LogP contribution in [0.5, 0.6) is 0 Å². The number of imidazole rings is 1. The first-order chi connectivity index (χ1) is 16.5. The Bertz CT molecular complexity index is 1140. The minimum absolute atomic E-state index is 0.0337. The molecule has 34 heavy (non-hydrogen) atoms. The summed E-state index contributed by atoms with van der Waals surface area (Å²) in [5.74, 6) is 0.602. The fourth-order valence-electron chi connectivity index (χ4n) is 6.16. The molecule has 0 bridgehead atoms. The number of para-hydroxylation sites is 1. The molecular formula is C26H35N3O5. The highest BCUT2D eigenvalue weighted by Crippen LogP contribution is 2.36. The van der Waals surface area contributed by atoms with Crippen molar-refractivity contribution in [1.29, 1.82) is 0 Å². The second-order valence-corrected chi connectivity index (χ2v) is 10.2. The summed E-state index contributed by atoms with van der Waals surface area (Å²) >= 11 is 0. The van der Waals surface area contributed by atoms with Crippen molar-refractivity contribution in [3.63, 3.8) is 0 Å². The first kappa shape index (κ1) is 23.5. The number of fused-ring (bicyclic) bond motifs is 2. The van der Waals surface area contributed by atoms with Gasteiger partial charge in [-0.15, -0.1) is 0 Å². The Hall–Kier alpha value is -2.29. The molecule has 5 unspecified atom stereocenters. The van der Waals surface area contributed by atoms with E-state index in [4.69, 9.17) is 15.2 Å². The molecule has 1 aromatic heterocycles. The maximum atomic E-state index is 13.1. The number of ether oxygens (including phenoxy) is 2. The number of hydrogen-bond donors (Lipinski definition) is 1. The van der Waals surface area contributed by atoms with Gasteiger partial charge in [0.25, 0.3) is 0 Å². The fourth-order valence-corrected chi connectivity index (χ4v) is 6.16. The monoisotopic (exact) mass is 469 g/mol. The lowest BCUT2D eigenvalue weighted by Gasteiger charge is -2.21. The summed E-state index contributed by atoms with van der Waals surface area (Å²) in [5.41, 5.74) is 8.47. The van der Waals surface area contributed by atoms with Gasteiger partial charge in [-0.1, -0.05) is 25.0 Å². The van der Waals surface area contributed by atoms with Gasteiger partial charge in [-0.3, -0.25) is 18.7 Å². The largest absolute Gasteiger partial charge is 0.375 e. The third-order valence-electron chi connectivity index (χ3n) is 8.02. The number of carbonyl (C=O) groups is 2. The van der Waals surface area contributed by atoms with Gasteiger partial charge >= 0.3 is 5.69 Å². The van der Waals surface area contributed by atoms with Gasteiger partial charge in [0.05, 0.1) is 48.9 Å². The van der Waals surface area contributed by atoms with Gasteiger partial charge in [0.2, 0.25) is 0 Å². The SMILES string of the molecule is Cn1c(=O)n(C2CCC(=O)CC2=O)c2cccc(CCCCCC3COC4C(CN)COC34)c21. The van der Waals surface area contributed by atoms with Gasteiger partial charge in [-0.05, 0) is 43.9 Å². The Labute approximate surface area is 199 Å². The Balaban J connectivity index is 1.22. The lowest BCUT2D eigenvalue weighted by Crippen LogP contribution is -2.34. The van der Waals surface area contributed by atoms with Crippen molar-refractivity contribution in [2.75, 3.05) is 19.8 Å². The highest BCUT2D eigenvalue weighted by molar-refractivity contribution is 6.03. The van der Waals surface area contributed by atoms with E-state index in [-0.39, 0.29) is 35.9 Å². The normalized spacial score (nSPS) is 29.3. The second-order valence-electron chi connectivity index (χ2n) is 10.2. The molecule has 184 valence electrons. The molecule has 3 fully saturated rings. The molecule has 5 atom stereocenters. The van der Waals surface area contributed by atoms with Crippen molar-refractivity contribution < 1.29 is 19.1 Å². The number of aryl methyl sites for hydroxylation is 2. The van der Waals surface area contributed by atoms with E-state index >= 15 is 0 Å². The van der Waals surface area contributed by atoms with Crippen LogP contribution in [0, 0.1) is 11.8 Å². The van der Waals surface area contributed by atoms with Crippen LogP contribution in [0.1, 0.15) is 56.6 Å². The van der Waals surface area contributed by atoms with Crippen LogP contribution < -0.4 is 11.4 Å². The van der Waals surface area contributed by atoms with Crippen molar-refractivity contribution in [2.24, 2.45) is 24.6 Å². The zero-order valence-electron chi connectivity index (χ0n) is 19.9. The van der Waals surface area contributed by atoms with E-state index in [2.05, 4.69) is 6.07 Å². The molecule has 1 saturated carbocycles. The molecule has 8 heteroatoms. The summed E-state index contributed by atoms with van der Waals surface area (Å²) in [6.45, 7) is 2.11. The van der Waals surface area contributed by atoms with E-state index in [9.17, 15) is 14.4 Å². The third kappa shape index (κ3) is 4.16. The van der Waals surface area contributed by atoms with E-state index in [0.29, 0.717) is 37.8 Å². The quantitative estimate of drug-likeness (QED) is 0.470. The van der Waals surface area contributed by atoms with Crippen molar-refractivity contribution >= 4 is 22.6 Å².